The molecular weight excluding hydrogens is 402 g/mol. The summed E-state index contributed by atoms with van der Waals surface area (Å²) in [5.41, 5.74) is 9.59. The summed E-state index contributed by atoms with van der Waals surface area (Å²) in [5.74, 6) is 2.23. The summed E-state index contributed by atoms with van der Waals surface area (Å²) in [6.07, 6.45) is 14.2. The average Bonchev–Trinajstić information content (AvgIpc) is 3.35. The van der Waals surface area contributed by atoms with E-state index < -0.39 is 0 Å². The van der Waals surface area contributed by atoms with Crippen LogP contribution in [-0.4, -0.2) is 45.1 Å². The number of hydrogen-bond donors (Lipinski definition) is 2. The molecule has 1 heterocycles. The van der Waals surface area contributed by atoms with E-state index in [-0.39, 0.29) is 16.9 Å². The Labute approximate surface area is 191 Å². The van der Waals surface area contributed by atoms with E-state index in [9.17, 15) is 5.11 Å². The Hall–Kier alpha value is -1.73. The van der Waals surface area contributed by atoms with Gasteiger partial charge in [-0.05, 0) is 92.6 Å². The molecule has 4 aliphatic carbocycles. The van der Waals surface area contributed by atoms with Gasteiger partial charge in [0, 0.05) is 12.6 Å². The maximum Gasteiger partial charge on any atom is 0.136 e. The molecule has 1 aromatic heterocycles. The molecule has 32 heavy (non-hydrogen) atoms. The number of oxime groups is 1. The Morgan fingerprint density at radius 2 is 2.06 bits per heavy atom. The first kappa shape index (κ1) is 22.1. The van der Waals surface area contributed by atoms with Crippen molar-refractivity contribution in [2.45, 2.75) is 84.3 Å². The molecule has 3 fully saturated rings. The minimum absolute atomic E-state index is 0.0924. The van der Waals surface area contributed by atoms with Crippen LogP contribution in [-0.2, 0) is 17.8 Å². The van der Waals surface area contributed by atoms with Gasteiger partial charge in [-0.3, -0.25) is 0 Å². The van der Waals surface area contributed by atoms with E-state index in [1.807, 2.05) is 6.20 Å². The average molecular weight is 442 g/mol. The van der Waals surface area contributed by atoms with Crippen LogP contribution in [0.25, 0.3) is 0 Å². The Morgan fingerprint density at radius 3 is 2.91 bits per heavy atom. The quantitative estimate of drug-likeness (QED) is 0.520. The van der Waals surface area contributed by atoms with Gasteiger partial charge in [-0.15, -0.1) is 5.10 Å². The summed E-state index contributed by atoms with van der Waals surface area (Å²) < 4.78 is 1.79. The lowest BCUT2D eigenvalue weighted by Gasteiger charge is -2.57. The normalized spacial score (nSPS) is 39.9. The predicted octanol–water partition coefficient (Wildman–Crippen LogP) is 3.48. The Morgan fingerprint density at radius 1 is 1.19 bits per heavy atom. The molecule has 3 N–H and O–H groups in total. The molecule has 0 aromatic carbocycles. The molecule has 1 aromatic rings. The van der Waals surface area contributed by atoms with E-state index in [2.05, 4.69) is 35.4 Å². The molecule has 6 atom stereocenters. The molecule has 0 saturated heterocycles. The number of aliphatic hydroxyl groups excluding tert-OH is 1. The molecular formula is C25H39N5O2. The molecule has 3 saturated carbocycles. The van der Waals surface area contributed by atoms with Crippen molar-refractivity contribution in [3.63, 3.8) is 0 Å². The van der Waals surface area contributed by atoms with Crippen molar-refractivity contribution in [1.82, 2.24) is 15.0 Å². The van der Waals surface area contributed by atoms with Crippen molar-refractivity contribution >= 4 is 5.71 Å². The molecule has 3 unspecified atom stereocenters. The second kappa shape index (κ2) is 8.56. The highest BCUT2D eigenvalue weighted by molar-refractivity contribution is 5.96. The largest absolute Gasteiger partial charge is 0.394 e. The Bertz CT molecular complexity index is 895. The number of nitrogens with zero attached hydrogens (tertiary/aromatic N) is 4. The lowest BCUT2D eigenvalue weighted by molar-refractivity contribution is -0.0722. The van der Waals surface area contributed by atoms with Crippen LogP contribution in [0.4, 0.5) is 0 Å². The van der Waals surface area contributed by atoms with Crippen LogP contribution < -0.4 is 5.73 Å². The van der Waals surface area contributed by atoms with Gasteiger partial charge < -0.3 is 15.7 Å². The maximum atomic E-state index is 10.7. The molecule has 0 amide bonds. The molecule has 0 aliphatic heterocycles. The minimum Gasteiger partial charge on any atom is -0.394 e. The van der Waals surface area contributed by atoms with Crippen LogP contribution in [0, 0.1) is 28.6 Å². The van der Waals surface area contributed by atoms with Gasteiger partial charge in [-0.2, -0.15) is 0 Å². The van der Waals surface area contributed by atoms with Crippen LogP contribution in [0.3, 0.4) is 0 Å². The fourth-order valence-electron chi connectivity index (χ4n) is 7.59. The zero-order valence-electron chi connectivity index (χ0n) is 19.7. The zero-order chi connectivity index (χ0) is 22.3. The number of fused-ring (bicyclic) bond motifs is 5. The predicted molar refractivity (Wildman–Crippen MR) is 124 cm³/mol. The summed E-state index contributed by atoms with van der Waals surface area (Å²) in [6.45, 7) is 6.58. The van der Waals surface area contributed by atoms with Crippen molar-refractivity contribution in [3.8, 4) is 0 Å². The van der Waals surface area contributed by atoms with Gasteiger partial charge in [0.2, 0.25) is 0 Å². The zero-order valence-corrected chi connectivity index (χ0v) is 19.7. The number of allylic oxidation sites excluding steroid dienone is 2. The highest BCUT2D eigenvalue weighted by Gasteiger charge is 2.58. The number of nitrogens with two attached hydrogens (primary N) is 1. The fourth-order valence-corrected chi connectivity index (χ4v) is 7.59. The van der Waals surface area contributed by atoms with E-state index in [0.717, 1.165) is 42.5 Å². The summed E-state index contributed by atoms with van der Waals surface area (Å²) in [7, 11) is 0. The van der Waals surface area contributed by atoms with E-state index in [1.165, 1.54) is 38.5 Å². The Kier molecular flexibility index (Phi) is 5.91. The maximum absolute atomic E-state index is 10.7. The number of aliphatic hydroxyl groups is 1. The summed E-state index contributed by atoms with van der Waals surface area (Å²) in [6, 6.07) is 0. The van der Waals surface area contributed by atoms with Gasteiger partial charge in [0.05, 0.1) is 24.1 Å². The van der Waals surface area contributed by atoms with Crippen LogP contribution in [0.15, 0.2) is 23.0 Å². The van der Waals surface area contributed by atoms with E-state index >= 15 is 0 Å². The van der Waals surface area contributed by atoms with Crippen molar-refractivity contribution in [1.29, 1.82) is 0 Å². The summed E-state index contributed by atoms with van der Waals surface area (Å²) in [4.78, 5) is 5.65. The molecule has 5 rings (SSSR count). The van der Waals surface area contributed by atoms with Crippen molar-refractivity contribution < 1.29 is 9.94 Å². The highest BCUT2D eigenvalue weighted by Crippen LogP contribution is 2.65. The lowest BCUT2D eigenvalue weighted by Crippen LogP contribution is -2.51. The number of aromatic nitrogens is 3. The smallest absolute Gasteiger partial charge is 0.136 e. The third-order valence-corrected chi connectivity index (χ3v) is 9.51. The van der Waals surface area contributed by atoms with E-state index in [0.29, 0.717) is 25.6 Å². The van der Waals surface area contributed by atoms with Gasteiger partial charge in [0.15, 0.2) is 0 Å². The van der Waals surface area contributed by atoms with Gasteiger partial charge in [-0.25, -0.2) is 4.68 Å². The monoisotopic (exact) mass is 441 g/mol. The summed E-state index contributed by atoms with van der Waals surface area (Å²) >= 11 is 0. The van der Waals surface area contributed by atoms with Crippen LogP contribution >= 0.6 is 0 Å². The third-order valence-electron chi connectivity index (χ3n) is 9.51. The highest BCUT2D eigenvalue weighted by atomic mass is 16.6. The van der Waals surface area contributed by atoms with Gasteiger partial charge in [-0.1, -0.05) is 29.8 Å². The fraction of sp³-hybridized carbons (Fsp3) is 0.800. The molecule has 0 bridgehead atoms. The number of rotatable bonds is 6. The molecule has 176 valence electrons. The third kappa shape index (κ3) is 3.71. The first-order chi connectivity index (χ1) is 15.4. The summed E-state index contributed by atoms with van der Waals surface area (Å²) in [5, 5.41) is 23.3. The molecule has 0 radical (unpaired) electrons. The Balaban J connectivity index is 1.21. The van der Waals surface area contributed by atoms with Gasteiger partial charge in [0.25, 0.3) is 0 Å². The molecule has 7 nitrogen and oxygen atoms in total. The minimum atomic E-state index is -0.0924. The molecule has 0 spiro atoms. The van der Waals surface area contributed by atoms with Gasteiger partial charge >= 0.3 is 0 Å². The first-order valence-corrected chi connectivity index (χ1v) is 12.6. The standard InChI is InChI=1S/C25H39N5O2/c1-24-10-7-18(28-32-14-13-30-16-19(9-12-26)27-29-30)15-17(24)3-4-20-21-5-6-23(31)25(21,2)11-8-22(20)24/h15-16,20-23,31H,3-14,26H2,1-2H3/b28-18-/t20?,21?,22?,23-,24-,25-/m0/s1. The lowest BCUT2D eigenvalue weighted by atomic mass is 9.47. The molecule has 4 aliphatic rings. The van der Waals surface area contributed by atoms with Crippen LogP contribution in [0.2, 0.25) is 0 Å². The van der Waals surface area contributed by atoms with Crippen molar-refractivity contribution in [2.24, 2.45) is 39.5 Å². The second-order valence-electron chi connectivity index (χ2n) is 11.1. The SMILES string of the molecule is C[C@]12CC/C(=N/OCCn3cc(CCN)nn3)C=C1CCC1C2CC[C@@]2(C)C1CC[C@@H]2O. The molecule has 7 heteroatoms. The van der Waals surface area contributed by atoms with E-state index in [4.69, 9.17) is 10.6 Å². The van der Waals surface area contributed by atoms with Gasteiger partial charge in [0.1, 0.15) is 6.61 Å². The van der Waals surface area contributed by atoms with E-state index in [1.54, 1.807) is 10.3 Å². The topological polar surface area (TPSA) is 98.6 Å². The number of hydrogen-bond acceptors (Lipinski definition) is 6. The second-order valence-corrected chi connectivity index (χ2v) is 11.1. The van der Waals surface area contributed by atoms with Crippen LogP contribution in [0.5, 0.6) is 0 Å². The van der Waals surface area contributed by atoms with Crippen molar-refractivity contribution in [3.05, 3.63) is 23.5 Å². The first-order valence-electron chi connectivity index (χ1n) is 12.6. The van der Waals surface area contributed by atoms with Crippen LogP contribution in [0.1, 0.15) is 70.9 Å². The van der Waals surface area contributed by atoms with Crippen molar-refractivity contribution in [2.75, 3.05) is 13.2 Å².